The fourth-order valence-electron chi connectivity index (χ4n) is 4.71. The van der Waals surface area contributed by atoms with Crippen molar-refractivity contribution < 1.29 is 14.3 Å². The monoisotopic (exact) mass is 418 g/mol. The zero-order chi connectivity index (χ0) is 21.4. The van der Waals surface area contributed by atoms with Gasteiger partial charge in [0, 0.05) is 26.1 Å². The highest BCUT2D eigenvalue weighted by Crippen LogP contribution is 2.32. The smallest absolute Gasteiger partial charge is 0.254 e. The van der Waals surface area contributed by atoms with Gasteiger partial charge in [0.1, 0.15) is 12.4 Å². The van der Waals surface area contributed by atoms with Crippen LogP contribution >= 0.6 is 0 Å². The lowest BCUT2D eigenvalue weighted by Gasteiger charge is -2.41. The molecule has 7 heteroatoms. The highest BCUT2D eigenvalue weighted by molar-refractivity contribution is 5.86. The van der Waals surface area contributed by atoms with Crippen LogP contribution in [-0.2, 0) is 14.3 Å². The number of imidazole rings is 1. The molecule has 0 aliphatic carbocycles. The summed E-state index contributed by atoms with van der Waals surface area (Å²) in [6.45, 7) is 1.21. The molecule has 2 aromatic carbocycles. The summed E-state index contributed by atoms with van der Waals surface area (Å²) in [5.74, 6) is 0.907. The molecule has 2 aliphatic heterocycles. The highest BCUT2D eigenvalue weighted by atomic mass is 16.5. The maximum Gasteiger partial charge on any atom is 0.254 e. The third-order valence-corrected chi connectivity index (χ3v) is 6.40. The Kier molecular flexibility index (Phi) is 5.19. The number of benzene rings is 2. The Hall–Kier alpha value is -3.19. The zero-order valence-electron chi connectivity index (χ0n) is 17.5. The number of para-hydroxylation sites is 2. The van der Waals surface area contributed by atoms with Gasteiger partial charge >= 0.3 is 0 Å². The van der Waals surface area contributed by atoms with Gasteiger partial charge < -0.3 is 19.5 Å². The first kappa shape index (κ1) is 19.8. The van der Waals surface area contributed by atoms with E-state index >= 15 is 0 Å². The first-order chi connectivity index (χ1) is 15.1. The summed E-state index contributed by atoms with van der Waals surface area (Å²) in [7, 11) is 1.75. The lowest BCUT2D eigenvalue weighted by Crippen LogP contribution is -2.55. The normalized spacial score (nSPS) is 24.5. The predicted octanol–water partition coefficient (Wildman–Crippen LogP) is 2.87. The molecule has 2 saturated heterocycles. The summed E-state index contributed by atoms with van der Waals surface area (Å²) in [4.78, 5) is 37.6. The molecule has 0 saturated carbocycles. The fourth-order valence-corrected chi connectivity index (χ4v) is 4.71. The molecule has 2 aliphatic rings. The van der Waals surface area contributed by atoms with Crippen molar-refractivity contribution >= 4 is 22.8 Å². The maximum absolute atomic E-state index is 13.6. The Morgan fingerprint density at radius 2 is 1.90 bits per heavy atom. The number of amides is 2. The van der Waals surface area contributed by atoms with Crippen LogP contribution in [0.5, 0.6) is 0 Å². The third-order valence-electron chi connectivity index (χ3n) is 6.40. The number of hydrogen-bond donors (Lipinski definition) is 1. The summed E-state index contributed by atoms with van der Waals surface area (Å²) < 4.78 is 5.83. The lowest BCUT2D eigenvalue weighted by molar-refractivity contribution is -0.168. The highest BCUT2D eigenvalue weighted by Gasteiger charge is 2.42. The molecule has 5 rings (SSSR count). The number of aromatic amines is 1. The van der Waals surface area contributed by atoms with Crippen LogP contribution in [0, 0.1) is 0 Å². The van der Waals surface area contributed by atoms with Crippen molar-refractivity contribution in [3.05, 3.63) is 66.0 Å². The average Bonchev–Trinajstić information content (AvgIpc) is 3.25. The van der Waals surface area contributed by atoms with E-state index < -0.39 is 12.1 Å². The summed E-state index contributed by atoms with van der Waals surface area (Å²) in [6.07, 6.45) is 1.18. The number of likely N-dealkylation sites (tertiary alicyclic amines) is 1. The van der Waals surface area contributed by atoms with E-state index in [2.05, 4.69) is 4.98 Å². The predicted molar refractivity (Wildman–Crippen MR) is 116 cm³/mol. The number of fused-ring (bicyclic) bond motifs is 1. The third kappa shape index (κ3) is 3.70. The van der Waals surface area contributed by atoms with Crippen molar-refractivity contribution in [1.29, 1.82) is 0 Å². The second kappa shape index (κ2) is 8.15. The summed E-state index contributed by atoms with van der Waals surface area (Å²) in [5.41, 5.74) is 2.86. The van der Waals surface area contributed by atoms with Crippen LogP contribution < -0.4 is 0 Å². The number of hydrogen-bond acceptors (Lipinski definition) is 4. The van der Waals surface area contributed by atoms with Crippen LogP contribution in [-0.4, -0.2) is 64.4 Å². The average molecular weight is 418 g/mol. The number of ether oxygens (including phenoxy) is 1. The van der Waals surface area contributed by atoms with E-state index in [0.717, 1.165) is 35.3 Å². The fraction of sp³-hybridized carbons (Fsp3) is 0.375. The molecule has 2 amide bonds. The number of piperidine rings is 1. The molecule has 1 aromatic heterocycles. The number of carbonyl (C=O) groups excluding carboxylic acids is 2. The number of carbonyl (C=O) groups is 2. The van der Waals surface area contributed by atoms with E-state index in [-0.39, 0.29) is 24.3 Å². The van der Waals surface area contributed by atoms with E-state index in [1.165, 1.54) is 0 Å². The van der Waals surface area contributed by atoms with Gasteiger partial charge in [-0.3, -0.25) is 9.59 Å². The molecular weight excluding hydrogens is 392 g/mol. The van der Waals surface area contributed by atoms with Gasteiger partial charge in [0.15, 0.2) is 6.10 Å². The van der Waals surface area contributed by atoms with Crippen LogP contribution in [0.25, 0.3) is 11.0 Å². The van der Waals surface area contributed by atoms with Crippen molar-refractivity contribution in [2.45, 2.75) is 30.9 Å². The van der Waals surface area contributed by atoms with Gasteiger partial charge in [-0.1, -0.05) is 42.5 Å². The van der Waals surface area contributed by atoms with Gasteiger partial charge in [-0.2, -0.15) is 0 Å². The molecule has 3 aromatic rings. The zero-order valence-corrected chi connectivity index (χ0v) is 17.5. The van der Waals surface area contributed by atoms with E-state index in [1.54, 1.807) is 11.9 Å². The van der Waals surface area contributed by atoms with Gasteiger partial charge in [0.2, 0.25) is 5.91 Å². The number of aromatic nitrogens is 2. The molecule has 0 bridgehead atoms. The van der Waals surface area contributed by atoms with Crippen LogP contribution in [0.4, 0.5) is 0 Å². The van der Waals surface area contributed by atoms with Crippen LogP contribution in [0.2, 0.25) is 0 Å². The Morgan fingerprint density at radius 3 is 2.71 bits per heavy atom. The molecule has 0 radical (unpaired) electrons. The van der Waals surface area contributed by atoms with Crippen LogP contribution in [0.3, 0.4) is 0 Å². The molecule has 3 heterocycles. The standard InChI is InChI=1S/C24H26N4O3/c1-27-20(29)15-31-22(21(27)16-8-3-2-4-9-16)24(30)28-13-7-10-17(14-28)23-25-18-11-5-6-12-19(18)26-23/h2-6,8-9,11-12,17,21-22H,7,10,13-15H2,1H3,(H,25,26). The Morgan fingerprint density at radius 1 is 1.13 bits per heavy atom. The van der Waals surface area contributed by atoms with E-state index in [4.69, 9.17) is 9.72 Å². The SMILES string of the molecule is CN1C(=O)COC(C(=O)N2CCCC(c3nc4ccccc4[nH]3)C2)C1c1ccccc1. The largest absolute Gasteiger partial charge is 0.356 e. The maximum atomic E-state index is 13.6. The second-order valence-electron chi connectivity index (χ2n) is 8.35. The molecule has 3 unspecified atom stereocenters. The number of rotatable bonds is 3. The topological polar surface area (TPSA) is 78.5 Å². The van der Waals surface area contributed by atoms with Crippen molar-refractivity contribution in [2.75, 3.05) is 26.7 Å². The Labute approximate surface area is 181 Å². The second-order valence-corrected chi connectivity index (χ2v) is 8.35. The van der Waals surface area contributed by atoms with Gasteiger partial charge in [-0.25, -0.2) is 4.98 Å². The number of nitrogens with one attached hydrogen (secondary N) is 1. The first-order valence-electron chi connectivity index (χ1n) is 10.8. The minimum Gasteiger partial charge on any atom is -0.356 e. The number of nitrogens with zero attached hydrogens (tertiary/aromatic N) is 3. The molecule has 7 nitrogen and oxygen atoms in total. The molecule has 3 atom stereocenters. The minimum absolute atomic E-state index is 0.0611. The summed E-state index contributed by atoms with van der Waals surface area (Å²) in [6, 6.07) is 17.2. The van der Waals surface area contributed by atoms with Gasteiger partial charge in [-0.05, 0) is 30.5 Å². The van der Waals surface area contributed by atoms with E-state index in [0.29, 0.717) is 13.1 Å². The minimum atomic E-state index is -0.709. The van der Waals surface area contributed by atoms with Crippen molar-refractivity contribution in [3.8, 4) is 0 Å². The van der Waals surface area contributed by atoms with Crippen LogP contribution in [0.15, 0.2) is 54.6 Å². The van der Waals surface area contributed by atoms with Gasteiger partial charge in [0.25, 0.3) is 5.91 Å². The number of morpholine rings is 1. The number of likely N-dealkylation sites (N-methyl/N-ethyl adjacent to an activating group) is 1. The molecular formula is C24H26N4O3. The molecule has 1 N–H and O–H groups in total. The van der Waals surface area contributed by atoms with E-state index in [9.17, 15) is 9.59 Å². The number of H-pyrrole nitrogens is 1. The Bertz CT molecular complexity index is 1060. The van der Waals surface area contributed by atoms with E-state index in [1.807, 2.05) is 59.5 Å². The van der Waals surface area contributed by atoms with Crippen LogP contribution in [0.1, 0.15) is 36.2 Å². The Balaban J connectivity index is 1.38. The summed E-state index contributed by atoms with van der Waals surface area (Å²) >= 11 is 0. The van der Waals surface area contributed by atoms with Gasteiger partial charge in [-0.15, -0.1) is 0 Å². The molecule has 160 valence electrons. The summed E-state index contributed by atoms with van der Waals surface area (Å²) in [5, 5.41) is 0. The molecule has 31 heavy (non-hydrogen) atoms. The molecule has 2 fully saturated rings. The van der Waals surface area contributed by atoms with Gasteiger partial charge in [0.05, 0.1) is 17.1 Å². The quantitative estimate of drug-likeness (QED) is 0.710. The van der Waals surface area contributed by atoms with Crippen molar-refractivity contribution in [2.24, 2.45) is 0 Å². The van der Waals surface area contributed by atoms with Crippen molar-refractivity contribution in [1.82, 2.24) is 19.8 Å². The first-order valence-corrected chi connectivity index (χ1v) is 10.8. The lowest BCUT2D eigenvalue weighted by atomic mass is 9.94. The van der Waals surface area contributed by atoms with Crippen molar-refractivity contribution in [3.63, 3.8) is 0 Å². The molecule has 0 spiro atoms.